The summed E-state index contributed by atoms with van der Waals surface area (Å²) in [6.07, 6.45) is -0.116. The van der Waals surface area contributed by atoms with Crippen molar-refractivity contribution in [3.8, 4) is 11.5 Å². The molecule has 1 amide bonds. The number of rotatable bonds is 9. The van der Waals surface area contributed by atoms with E-state index in [0.717, 1.165) is 0 Å². The number of amides is 1. The third-order valence-corrected chi connectivity index (χ3v) is 3.60. The molecular weight excluding hydrogens is 348 g/mol. The van der Waals surface area contributed by atoms with E-state index in [1.165, 1.54) is 6.07 Å². The van der Waals surface area contributed by atoms with E-state index in [2.05, 4.69) is 15.6 Å². The maximum absolute atomic E-state index is 11.1. The fourth-order valence-electron chi connectivity index (χ4n) is 2.31. The molecule has 1 aromatic heterocycles. The standard InChI is InChI=1S/C19H26N4O4/c1-4-21-19(23-12-14-9-10-17(27-14)18(20)24)22-11-13(2)26-16-8-6-5-7-15(16)25-3/h5-10,13H,4,11-12H2,1-3H3,(H2,20,24)(H2,21,22,23). The van der Waals surface area contributed by atoms with Crippen molar-refractivity contribution < 1.29 is 18.7 Å². The fourth-order valence-corrected chi connectivity index (χ4v) is 2.31. The summed E-state index contributed by atoms with van der Waals surface area (Å²) in [6, 6.07) is 10.7. The largest absolute Gasteiger partial charge is 0.493 e. The summed E-state index contributed by atoms with van der Waals surface area (Å²) in [5, 5.41) is 6.37. The zero-order chi connectivity index (χ0) is 19.6. The van der Waals surface area contributed by atoms with E-state index in [4.69, 9.17) is 19.6 Å². The molecule has 1 unspecified atom stereocenters. The van der Waals surface area contributed by atoms with Crippen molar-refractivity contribution in [2.75, 3.05) is 20.2 Å². The van der Waals surface area contributed by atoms with E-state index in [1.54, 1.807) is 13.2 Å². The summed E-state index contributed by atoms with van der Waals surface area (Å²) in [4.78, 5) is 15.5. The molecule has 0 bridgehead atoms. The van der Waals surface area contributed by atoms with E-state index in [1.807, 2.05) is 38.1 Å². The maximum Gasteiger partial charge on any atom is 0.284 e. The van der Waals surface area contributed by atoms with Gasteiger partial charge in [0, 0.05) is 6.54 Å². The quantitative estimate of drug-likeness (QED) is 0.457. The molecule has 2 aromatic rings. The molecule has 0 saturated heterocycles. The van der Waals surface area contributed by atoms with Gasteiger partial charge in [-0.3, -0.25) is 4.79 Å². The minimum atomic E-state index is -0.599. The minimum Gasteiger partial charge on any atom is -0.493 e. The SMILES string of the molecule is CCNC(=NCc1ccc(C(N)=O)o1)NCC(C)Oc1ccccc1OC. The molecule has 2 rings (SSSR count). The predicted octanol–water partition coefficient (Wildman–Crippen LogP) is 1.91. The van der Waals surface area contributed by atoms with Crippen LogP contribution in [0, 0.1) is 0 Å². The van der Waals surface area contributed by atoms with Crippen molar-refractivity contribution in [1.29, 1.82) is 0 Å². The number of aliphatic imine (C=N–C) groups is 1. The number of para-hydroxylation sites is 2. The number of guanidine groups is 1. The van der Waals surface area contributed by atoms with Gasteiger partial charge in [-0.25, -0.2) is 4.99 Å². The highest BCUT2D eigenvalue weighted by Crippen LogP contribution is 2.26. The number of benzene rings is 1. The van der Waals surface area contributed by atoms with Crippen LogP contribution in [-0.2, 0) is 6.54 Å². The molecule has 0 aliphatic carbocycles. The second kappa shape index (κ2) is 10.1. The van der Waals surface area contributed by atoms with E-state index >= 15 is 0 Å². The van der Waals surface area contributed by atoms with Crippen molar-refractivity contribution in [3.63, 3.8) is 0 Å². The van der Waals surface area contributed by atoms with Crippen LogP contribution in [0.3, 0.4) is 0 Å². The van der Waals surface area contributed by atoms with Crippen LogP contribution in [0.1, 0.15) is 30.2 Å². The molecule has 0 saturated carbocycles. The van der Waals surface area contributed by atoms with Gasteiger partial charge in [0.2, 0.25) is 0 Å². The van der Waals surface area contributed by atoms with Crippen LogP contribution in [0.4, 0.5) is 0 Å². The van der Waals surface area contributed by atoms with Crippen molar-refractivity contribution in [3.05, 3.63) is 47.9 Å². The molecule has 1 aromatic carbocycles. The van der Waals surface area contributed by atoms with Gasteiger partial charge in [0.05, 0.1) is 13.7 Å². The molecule has 8 nitrogen and oxygen atoms in total. The van der Waals surface area contributed by atoms with Gasteiger partial charge in [0.25, 0.3) is 5.91 Å². The van der Waals surface area contributed by atoms with Gasteiger partial charge in [-0.05, 0) is 38.1 Å². The Morgan fingerprint density at radius 1 is 1.22 bits per heavy atom. The molecule has 8 heteroatoms. The Kier molecular flexibility index (Phi) is 7.54. The summed E-state index contributed by atoms with van der Waals surface area (Å²) in [6.45, 7) is 5.45. The number of hydrogen-bond donors (Lipinski definition) is 3. The lowest BCUT2D eigenvalue weighted by molar-refractivity contribution is 0.0972. The zero-order valence-electron chi connectivity index (χ0n) is 15.8. The predicted molar refractivity (Wildman–Crippen MR) is 103 cm³/mol. The second-order valence-corrected chi connectivity index (χ2v) is 5.79. The van der Waals surface area contributed by atoms with Crippen LogP contribution in [0.5, 0.6) is 11.5 Å². The minimum absolute atomic E-state index is 0.116. The topological polar surface area (TPSA) is 111 Å². The monoisotopic (exact) mass is 374 g/mol. The lowest BCUT2D eigenvalue weighted by Gasteiger charge is -2.18. The Morgan fingerprint density at radius 3 is 2.59 bits per heavy atom. The molecule has 4 N–H and O–H groups in total. The molecule has 1 atom stereocenters. The number of hydrogen-bond acceptors (Lipinski definition) is 5. The number of ether oxygens (including phenoxy) is 2. The Bertz CT molecular complexity index is 773. The lowest BCUT2D eigenvalue weighted by atomic mass is 10.3. The third-order valence-electron chi connectivity index (χ3n) is 3.60. The highest BCUT2D eigenvalue weighted by atomic mass is 16.5. The Morgan fingerprint density at radius 2 is 1.96 bits per heavy atom. The molecular formula is C19H26N4O4. The molecule has 0 aliphatic rings. The van der Waals surface area contributed by atoms with Crippen molar-refractivity contribution in [1.82, 2.24) is 10.6 Å². The molecule has 0 radical (unpaired) electrons. The van der Waals surface area contributed by atoms with Gasteiger partial charge >= 0.3 is 0 Å². The lowest BCUT2D eigenvalue weighted by Crippen LogP contribution is -2.41. The number of primary amides is 1. The fraction of sp³-hybridized carbons (Fsp3) is 0.368. The van der Waals surface area contributed by atoms with Gasteiger partial charge < -0.3 is 30.3 Å². The van der Waals surface area contributed by atoms with Crippen LogP contribution in [0.2, 0.25) is 0 Å². The van der Waals surface area contributed by atoms with Crippen molar-refractivity contribution in [2.45, 2.75) is 26.5 Å². The van der Waals surface area contributed by atoms with Crippen molar-refractivity contribution in [2.24, 2.45) is 10.7 Å². The van der Waals surface area contributed by atoms with Crippen molar-refractivity contribution >= 4 is 11.9 Å². The first-order valence-electron chi connectivity index (χ1n) is 8.73. The first kappa shape index (κ1) is 20.2. The van der Waals surface area contributed by atoms with Gasteiger partial charge in [0.1, 0.15) is 18.4 Å². The summed E-state index contributed by atoms with van der Waals surface area (Å²) in [5.74, 6) is 2.07. The maximum atomic E-state index is 11.1. The molecule has 0 fully saturated rings. The van der Waals surface area contributed by atoms with Crippen LogP contribution < -0.4 is 25.8 Å². The van der Waals surface area contributed by atoms with E-state index in [-0.39, 0.29) is 18.4 Å². The molecule has 27 heavy (non-hydrogen) atoms. The highest BCUT2D eigenvalue weighted by Gasteiger charge is 2.10. The average Bonchev–Trinajstić information content (AvgIpc) is 3.14. The summed E-state index contributed by atoms with van der Waals surface area (Å²) < 4.78 is 16.5. The number of methoxy groups -OCH3 is 1. The van der Waals surface area contributed by atoms with Crippen LogP contribution in [0.25, 0.3) is 0 Å². The van der Waals surface area contributed by atoms with Gasteiger partial charge in [-0.2, -0.15) is 0 Å². The van der Waals surface area contributed by atoms with E-state index < -0.39 is 5.91 Å². The smallest absolute Gasteiger partial charge is 0.284 e. The Labute approximate surface area is 158 Å². The Balaban J connectivity index is 1.91. The Hall–Kier alpha value is -3.16. The molecule has 1 heterocycles. The van der Waals surface area contributed by atoms with Crippen LogP contribution >= 0.6 is 0 Å². The molecule has 0 aliphatic heterocycles. The van der Waals surface area contributed by atoms with E-state index in [9.17, 15) is 4.79 Å². The van der Waals surface area contributed by atoms with Crippen LogP contribution in [0.15, 0.2) is 45.8 Å². The first-order chi connectivity index (χ1) is 13.0. The number of nitrogens with zero attached hydrogens (tertiary/aromatic N) is 1. The van der Waals surface area contributed by atoms with Gasteiger partial charge in [-0.1, -0.05) is 12.1 Å². The average molecular weight is 374 g/mol. The zero-order valence-corrected chi connectivity index (χ0v) is 15.8. The number of nitrogens with one attached hydrogen (secondary N) is 2. The number of carbonyl (C=O) groups is 1. The summed E-state index contributed by atoms with van der Waals surface area (Å²) in [5.41, 5.74) is 5.18. The molecule has 146 valence electrons. The number of nitrogens with two attached hydrogens (primary N) is 1. The summed E-state index contributed by atoms with van der Waals surface area (Å²) in [7, 11) is 1.61. The summed E-state index contributed by atoms with van der Waals surface area (Å²) >= 11 is 0. The normalized spacial score (nSPS) is 12.3. The van der Waals surface area contributed by atoms with Crippen LogP contribution in [-0.4, -0.2) is 38.2 Å². The third kappa shape index (κ3) is 6.25. The molecule has 0 spiro atoms. The van der Waals surface area contributed by atoms with Gasteiger partial charge in [0.15, 0.2) is 23.2 Å². The number of carbonyl (C=O) groups excluding carboxylic acids is 1. The van der Waals surface area contributed by atoms with E-state index in [0.29, 0.717) is 36.3 Å². The first-order valence-corrected chi connectivity index (χ1v) is 8.73. The highest BCUT2D eigenvalue weighted by molar-refractivity contribution is 5.89. The second-order valence-electron chi connectivity index (χ2n) is 5.79. The number of furan rings is 1. The van der Waals surface area contributed by atoms with Gasteiger partial charge in [-0.15, -0.1) is 0 Å².